The molecule has 1 amide bonds. The van der Waals surface area contributed by atoms with Crippen molar-refractivity contribution in [1.82, 2.24) is 4.90 Å². The predicted molar refractivity (Wildman–Crippen MR) is 113 cm³/mol. The lowest BCUT2D eigenvalue weighted by atomic mass is 9.93. The van der Waals surface area contributed by atoms with Crippen molar-refractivity contribution < 1.29 is 23.8 Å². The maximum atomic E-state index is 14.8. The normalized spacial score (nSPS) is 17.5. The van der Waals surface area contributed by atoms with Gasteiger partial charge in [-0.05, 0) is 41.5 Å². The fraction of sp³-hybridized carbons (Fsp3) is 0.125. The maximum Gasteiger partial charge on any atom is 0.290 e. The van der Waals surface area contributed by atoms with Crippen LogP contribution < -0.4 is 9.47 Å². The molecular formula is C24H17ClFNO4. The molecule has 0 aliphatic carbocycles. The Balaban J connectivity index is 1.59. The van der Waals surface area contributed by atoms with Gasteiger partial charge in [0.25, 0.3) is 5.91 Å². The molecule has 5 nitrogen and oxygen atoms in total. The van der Waals surface area contributed by atoms with Crippen LogP contribution in [0.4, 0.5) is 4.39 Å². The molecule has 3 aromatic carbocycles. The molecule has 2 aliphatic heterocycles. The van der Waals surface area contributed by atoms with Crippen molar-refractivity contribution in [2.75, 3.05) is 6.79 Å². The summed E-state index contributed by atoms with van der Waals surface area (Å²) in [5.41, 5.74) is 2.00. The summed E-state index contributed by atoms with van der Waals surface area (Å²) in [7, 11) is 0. The third-order valence-corrected chi connectivity index (χ3v) is 5.70. The highest BCUT2D eigenvalue weighted by Gasteiger charge is 2.42. The lowest BCUT2D eigenvalue weighted by molar-refractivity contribution is -0.130. The predicted octanol–water partition coefficient (Wildman–Crippen LogP) is 5.26. The number of benzene rings is 3. The van der Waals surface area contributed by atoms with Crippen molar-refractivity contribution in [2.45, 2.75) is 12.6 Å². The molecule has 2 heterocycles. The van der Waals surface area contributed by atoms with Gasteiger partial charge in [-0.1, -0.05) is 48.0 Å². The summed E-state index contributed by atoms with van der Waals surface area (Å²) in [6, 6.07) is 17.6. The van der Waals surface area contributed by atoms with Crippen molar-refractivity contribution in [3.8, 4) is 11.5 Å². The zero-order valence-electron chi connectivity index (χ0n) is 16.2. The molecule has 31 heavy (non-hydrogen) atoms. The van der Waals surface area contributed by atoms with Gasteiger partial charge in [-0.3, -0.25) is 4.79 Å². The van der Waals surface area contributed by atoms with Gasteiger partial charge in [0.15, 0.2) is 17.3 Å². The van der Waals surface area contributed by atoms with Gasteiger partial charge in [0.1, 0.15) is 5.82 Å². The largest absolute Gasteiger partial charge is 0.503 e. The van der Waals surface area contributed by atoms with Crippen molar-refractivity contribution in [3.63, 3.8) is 0 Å². The number of carbonyl (C=O) groups is 1. The molecule has 0 bridgehead atoms. The summed E-state index contributed by atoms with van der Waals surface area (Å²) >= 11 is 6.01. The van der Waals surface area contributed by atoms with Crippen LogP contribution in [0.1, 0.15) is 22.7 Å². The zero-order chi connectivity index (χ0) is 21.5. The number of aliphatic hydroxyl groups excluding tert-OH is 1. The average Bonchev–Trinajstić information content (AvgIpc) is 3.33. The van der Waals surface area contributed by atoms with Crippen LogP contribution >= 0.6 is 11.6 Å². The molecule has 0 spiro atoms. The van der Waals surface area contributed by atoms with Gasteiger partial charge < -0.3 is 19.5 Å². The first kappa shape index (κ1) is 19.5. The smallest absolute Gasteiger partial charge is 0.290 e. The highest BCUT2D eigenvalue weighted by Crippen LogP contribution is 2.45. The molecule has 1 atom stereocenters. The topological polar surface area (TPSA) is 59.0 Å². The number of rotatable bonds is 4. The van der Waals surface area contributed by atoms with Crippen LogP contribution in [-0.4, -0.2) is 22.7 Å². The van der Waals surface area contributed by atoms with E-state index >= 15 is 0 Å². The van der Waals surface area contributed by atoms with Crippen LogP contribution in [0.5, 0.6) is 11.5 Å². The van der Waals surface area contributed by atoms with Crippen LogP contribution in [0.25, 0.3) is 5.57 Å². The summed E-state index contributed by atoms with van der Waals surface area (Å²) in [5, 5.41) is 11.3. The first-order valence-electron chi connectivity index (χ1n) is 9.66. The van der Waals surface area contributed by atoms with E-state index in [1.165, 1.54) is 11.0 Å². The van der Waals surface area contributed by atoms with E-state index in [0.717, 1.165) is 5.56 Å². The molecule has 3 aromatic rings. The fourth-order valence-corrected chi connectivity index (χ4v) is 4.12. The summed E-state index contributed by atoms with van der Waals surface area (Å²) in [5.74, 6) is -0.226. The Kier molecular flexibility index (Phi) is 4.79. The molecule has 0 aromatic heterocycles. The van der Waals surface area contributed by atoms with Crippen LogP contribution in [0.15, 0.2) is 72.5 Å². The van der Waals surface area contributed by atoms with E-state index in [1.54, 1.807) is 54.6 Å². The minimum atomic E-state index is -0.805. The third kappa shape index (κ3) is 3.39. The van der Waals surface area contributed by atoms with Gasteiger partial charge in [0, 0.05) is 22.7 Å². The summed E-state index contributed by atoms with van der Waals surface area (Å²) in [6.45, 7) is 0.290. The standard InChI is InChI=1S/C24H17ClFNO4/c25-16-8-6-15(7-9-16)21-22(17-3-1-2-4-18(17)26)27(24(29)23(21)28)12-14-5-10-19-20(11-14)31-13-30-19/h1-11,22,28H,12-13H2/t22-/m1/s1. The number of carbonyl (C=O) groups excluding carboxylic acids is 1. The molecule has 5 rings (SSSR count). The van der Waals surface area contributed by atoms with E-state index in [-0.39, 0.29) is 13.3 Å². The quantitative estimate of drug-likeness (QED) is 0.604. The van der Waals surface area contributed by atoms with E-state index in [9.17, 15) is 14.3 Å². The SMILES string of the molecule is O=C1C(O)=C(c2ccc(Cl)cc2)[C@@H](c2ccccc2F)N1Cc1ccc2c(c1)OCO2. The van der Waals surface area contributed by atoms with E-state index < -0.39 is 23.5 Å². The minimum Gasteiger partial charge on any atom is -0.503 e. The first-order valence-corrected chi connectivity index (χ1v) is 10.0. The summed E-state index contributed by atoms with van der Waals surface area (Å²) in [4.78, 5) is 14.6. The number of halogens is 2. The van der Waals surface area contributed by atoms with Crippen molar-refractivity contribution in [3.05, 3.63) is 100 Å². The van der Waals surface area contributed by atoms with Crippen molar-refractivity contribution >= 4 is 23.1 Å². The Morgan fingerprint density at radius 2 is 1.77 bits per heavy atom. The average molecular weight is 438 g/mol. The van der Waals surface area contributed by atoms with Crippen molar-refractivity contribution in [1.29, 1.82) is 0 Å². The second-order valence-corrected chi connectivity index (χ2v) is 7.75. The van der Waals surface area contributed by atoms with Gasteiger partial charge in [0.05, 0.1) is 6.04 Å². The van der Waals surface area contributed by atoms with Crippen LogP contribution in [-0.2, 0) is 11.3 Å². The van der Waals surface area contributed by atoms with E-state index in [1.807, 2.05) is 6.07 Å². The minimum absolute atomic E-state index is 0.141. The molecule has 156 valence electrons. The zero-order valence-corrected chi connectivity index (χ0v) is 17.0. The molecule has 0 saturated carbocycles. The molecular weight excluding hydrogens is 421 g/mol. The Hall–Kier alpha value is -3.51. The Labute approximate surface area is 182 Å². The molecule has 0 unspecified atom stereocenters. The summed E-state index contributed by atoms with van der Waals surface area (Å²) < 4.78 is 25.6. The van der Waals surface area contributed by atoms with E-state index in [0.29, 0.717) is 33.2 Å². The molecule has 0 saturated heterocycles. The van der Waals surface area contributed by atoms with Gasteiger partial charge in [-0.15, -0.1) is 0 Å². The third-order valence-electron chi connectivity index (χ3n) is 5.45. The highest BCUT2D eigenvalue weighted by molar-refractivity contribution is 6.30. The number of hydrogen-bond acceptors (Lipinski definition) is 4. The van der Waals surface area contributed by atoms with Crippen LogP contribution in [0.2, 0.25) is 5.02 Å². The Morgan fingerprint density at radius 3 is 2.55 bits per heavy atom. The number of fused-ring (bicyclic) bond motifs is 1. The van der Waals surface area contributed by atoms with Crippen LogP contribution in [0.3, 0.4) is 0 Å². The lowest BCUT2D eigenvalue weighted by Crippen LogP contribution is -2.30. The number of hydrogen-bond donors (Lipinski definition) is 1. The monoisotopic (exact) mass is 437 g/mol. The highest BCUT2D eigenvalue weighted by atomic mass is 35.5. The lowest BCUT2D eigenvalue weighted by Gasteiger charge is -2.28. The number of amides is 1. The molecule has 2 aliphatic rings. The Morgan fingerprint density at radius 1 is 1.03 bits per heavy atom. The Bertz CT molecular complexity index is 1210. The van der Waals surface area contributed by atoms with Gasteiger partial charge in [0.2, 0.25) is 6.79 Å². The summed E-state index contributed by atoms with van der Waals surface area (Å²) in [6.07, 6.45) is 0. The second-order valence-electron chi connectivity index (χ2n) is 7.31. The molecule has 0 radical (unpaired) electrons. The molecule has 1 N–H and O–H groups in total. The molecule has 0 fully saturated rings. The van der Waals surface area contributed by atoms with E-state index in [2.05, 4.69) is 0 Å². The molecule has 7 heteroatoms. The second kappa shape index (κ2) is 7.63. The van der Waals surface area contributed by atoms with E-state index in [4.69, 9.17) is 21.1 Å². The van der Waals surface area contributed by atoms with Gasteiger partial charge in [-0.25, -0.2) is 4.39 Å². The number of aliphatic hydroxyl groups is 1. The fourth-order valence-electron chi connectivity index (χ4n) is 4.00. The first-order chi connectivity index (χ1) is 15.0. The van der Waals surface area contributed by atoms with Gasteiger partial charge in [-0.2, -0.15) is 0 Å². The van der Waals surface area contributed by atoms with Gasteiger partial charge >= 0.3 is 0 Å². The van der Waals surface area contributed by atoms with Crippen molar-refractivity contribution in [2.24, 2.45) is 0 Å². The number of ether oxygens (including phenoxy) is 2. The maximum absolute atomic E-state index is 14.8. The number of nitrogens with zero attached hydrogens (tertiary/aromatic N) is 1. The van der Waals surface area contributed by atoms with Crippen LogP contribution in [0, 0.1) is 5.82 Å².